The molecule has 1 saturated carbocycles. The minimum absolute atomic E-state index is 0.0325. The zero-order chi connectivity index (χ0) is 19.3. The Hall–Kier alpha value is -0.790. The highest BCUT2D eigenvalue weighted by atomic mass is 32.2. The van der Waals surface area contributed by atoms with Crippen LogP contribution >= 0.6 is 23.1 Å². The minimum Gasteiger partial charge on any atom is -0.392 e. The number of rotatable bonds is 2. The molecule has 2 fully saturated rings. The first-order valence-corrected chi connectivity index (χ1v) is 12.1. The number of amides is 1. The molecule has 3 N–H and O–H groups in total. The van der Waals surface area contributed by atoms with Crippen LogP contribution in [-0.4, -0.2) is 51.6 Å². The summed E-state index contributed by atoms with van der Waals surface area (Å²) in [6, 6.07) is 0. The van der Waals surface area contributed by atoms with E-state index >= 15 is 0 Å². The van der Waals surface area contributed by atoms with Crippen LogP contribution in [-0.2, 0) is 11.2 Å². The average molecular weight is 410 g/mol. The van der Waals surface area contributed by atoms with Crippen LogP contribution in [0.2, 0.25) is 0 Å². The highest BCUT2D eigenvalue weighted by Gasteiger charge is 2.54. The van der Waals surface area contributed by atoms with Gasteiger partial charge in [0.1, 0.15) is 0 Å². The molecule has 5 nitrogen and oxygen atoms in total. The van der Waals surface area contributed by atoms with Gasteiger partial charge >= 0.3 is 0 Å². The Morgan fingerprint density at radius 3 is 2.81 bits per heavy atom. The fourth-order valence-electron chi connectivity index (χ4n) is 5.82. The van der Waals surface area contributed by atoms with Gasteiger partial charge in [0.25, 0.3) is 0 Å². The first kappa shape index (κ1) is 19.5. The van der Waals surface area contributed by atoms with E-state index in [9.17, 15) is 9.90 Å². The molecule has 3 aliphatic rings. The van der Waals surface area contributed by atoms with Crippen molar-refractivity contribution in [3.8, 4) is 0 Å². The Morgan fingerprint density at radius 1 is 1.41 bits per heavy atom. The van der Waals surface area contributed by atoms with Gasteiger partial charge < -0.3 is 15.7 Å². The molecule has 27 heavy (non-hydrogen) atoms. The van der Waals surface area contributed by atoms with E-state index < -0.39 is 6.10 Å². The van der Waals surface area contributed by atoms with Crippen LogP contribution in [0.15, 0.2) is 0 Å². The lowest BCUT2D eigenvalue weighted by atomic mass is 9.53. The molecule has 4 rings (SSSR count). The molecule has 0 spiro atoms. The van der Waals surface area contributed by atoms with Crippen molar-refractivity contribution in [2.75, 3.05) is 30.3 Å². The first-order chi connectivity index (χ1) is 12.8. The van der Waals surface area contributed by atoms with Gasteiger partial charge in [-0.3, -0.25) is 4.79 Å². The fraction of sp³-hybridized carbons (Fsp3) is 0.800. The Labute approximate surface area is 170 Å². The van der Waals surface area contributed by atoms with E-state index in [0.717, 1.165) is 49.6 Å². The van der Waals surface area contributed by atoms with Crippen LogP contribution in [0.4, 0.5) is 5.13 Å². The number of carbonyl (C=O) groups is 1. The zero-order valence-electron chi connectivity index (χ0n) is 16.5. The lowest BCUT2D eigenvalue weighted by molar-refractivity contribution is -0.144. The Balaban J connectivity index is 1.56. The average Bonchev–Trinajstić information content (AvgIpc) is 3.01. The number of hydrogen-bond donors (Lipinski definition) is 2. The van der Waals surface area contributed by atoms with Crippen LogP contribution < -0.4 is 5.73 Å². The topological polar surface area (TPSA) is 79.5 Å². The maximum absolute atomic E-state index is 13.0. The van der Waals surface area contributed by atoms with E-state index in [1.165, 1.54) is 4.88 Å². The van der Waals surface area contributed by atoms with Crippen molar-refractivity contribution >= 4 is 34.1 Å². The molecule has 0 aromatic carbocycles. The van der Waals surface area contributed by atoms with E-state index in [1.54, 1.807) is 11.3 Å². The third kappa shape index (κ3) is 3.29. The van der Waals surface area contributed by atoms with Gasteiger partial charge in [-0.15, -0.1) is 11.3 Å². The lowest BCUT2D eigenvalue weighted by Crippen LogP contribution is -2.54. The van der Waals surface area contributed by atoms with E-state index in [2.05, 4.69) is 18.8 Å². The maximum Gasteiger partial charge on any atom is 0.225 e. The number of aromatic nitrogens is 1. The Morgan fingerprint density at radius 2 is 2.11 bits per heavy atom. The molecule has 0 bridgehead atoms. The predicted octanol–water partition coefficient (Wildman–Crippen LogP) is 2.99. The molecule has 6 atom stereocenters. The van der Waals surface area contributed by atoms with Crippen molar-refractivity contribution in [2.45, 2.75) is 52.1 Å². The summed E-state index contributed by atoms with van der Waals surface area (Å²) in [5, 5.41) is 12.1. The van der Waals surface area contributed by atoms with Crippen LogP contribution in [0.1, 0.15) is 50.1 Å². The smallest absolute Gasteiger partial charge is 0.225 e. The summed E-state index contributed by atoms with van der Waals surface area (Å²) in [5.41, 5.74) is 7.12. The number of nitrogens with two attached hydrogens (primary N) is 1. The lowest BCUT2D eigenvalue weighted by Gasteiger charge is -2.53. The summed E-state index contributed by atoms with van der Waals surface area (Å²) < 4.78 is 0. The van der Waals surface area contributed by atoms with E-state index in [-0.39, 0.29) is 35.0 Å². The molecule has 7 heteroatoms. The van der Waals surface area contributed by atoms with Crippen molar-refractivity contribution in [3.63, 3.8) is 0 Å². The molecule has 2 aliphatic carbocycles. The van der Waals surface area contributed by atoms with E-state index in [4.69, 9.17) is 5.73 Å². The summed E-state index contributed by atoms with van der Waals surface area (Å²) in [4.78, 5) is 20.9. The number of hydrogen-bond acceptors (Lipinski definition) is 6. The van der Waals surface area contributed by atoms with Crippen molar-refractivity contribution in [1.82, 2.24) is 9.88 Å². The molecule has 1 aromatic heterocycles. The van der Waals surface area contributed by atoms with Gasteiger partial charge in [-0.25, -0.2) is 4.98 Å². The van der Waals surface area contributed by atoms with E-state index in [1.807, 2.05) is 23.6 Å². The molecular formula is C20H31N3O2S2. The number of fused-ring (bicyclic) bond motifs is 2. The monoisotopic (exact) mass is 409 g/mol. The third-order valence-electron chi connectivity index (χ3n) is 7.29. The molecular weight excluding hydrogens is 378 g/mol. The number of carbonyl (C=O) groups excluding carboxylic acids is 1. The van der Waals surface area contributed by atoms with E-state index in [0.29, 0.717) is 5.13 Å². The largest absolute Gasteiger partial charge is 0.392 e. The van der Waals surface area contributed by atoms with Crippen LogP contribution in [0.5, 0.6) is 0 Å². The second kappa shape index (κ2) is 7.23. The van der Waals surface area contributed by atoms with Gasteiger partial charge in [0.05, 0.1) is 11.8 Å². The highest BCUT2D eigenvalue weighted by molar-refractivity contribution is 7.99. The number of anilines is 1. The van der Waals surface area contributed by atoms with Gasteiger partial charge in [0.15, 0.2) is 5.13 Å². The first-order valence-electron chi connectivity index (χ1n) is 10.1. The molecule has 1 aromatic rings. The predicted molar refractivity (Wildman–Crippen MR) is 112 cm³/mol. The SMILES string of the molecule is C[C@H](C(=O)N1CCSCC1)[C@H]1CC[C@@]2(C)Cc3sc(N)nc3[C@@H](C)[C@@H]2[C@H]1O. The molecule has 0 radical (unpaired) electrons. The van der Waals surface area contributed by atoms with Crippen molar-refractivity contribution < 1.29 is 9.90 Å². The highest BCUT2D eigenvalue weighted by Crippen LogP contribution is 2.57. The standard InChI is InChI=1S/C20H31N3O2S2/c1-11(18(25)23-6-8-26-9-7-23)13-4-5-20(3)10-14-16(22-19(21)27-14)12(2)15(20)17(13)24/h11-13,15,17,24H,4-10H2,1-3H3,(H2,21,22)/t11-,12-,13+,15+,17-,20-/m0/s1. The maximum atomic E-state index is 13.0. The van der Waals surface area contributed by atoms with Crippen LogP contribution in [0.25, 0.3) is 0 Å². The van der Waals surface area contributed by atoms with Gasteiger partial charge in [0, 0.05) is 41.3 Å². The third-order valence-corrected chi connectivity index (χ3v) is 9.14. The molecule has 1 saturated heterocycles. The normalized spacial score (nSPS) is 37.4. The fourth-order valence-corrected chi connectivity index (χ4v) is 7.86. The number of nitrogen functional groups attached to an aromatic ring is 1. The summed E-state index contributed by atoms with van der Waals surface area (Å²) >= 11 is 3.52. The number of thiazole rings is 1. The quantitative estimate of drug-likeness (QED) is 0.785. The van der Waals surface area contributed by atoms with Crippen molar-refractivity contribution in [3.05, 3.63) is 10.6 Å². The van der Waals surface area contributed by atoms with Crippen LogP contribution in [0.3, 0.4) is 0 Å². The Kier molecular flexibility index (Phi) is 5.23. The molecule has 1 amide bonds. The molecule has 1 aliphatic heterocycles. The second-order valence-corrected chi connectivity index (χ2v) is 11.3. The van der Waals surface area contributed by atoms with Gasteiger partial charge in [-0.2, -0.15) is 11.8 Å². The molecule has 2 heterocycles. The summed E-state index contributed by atoms with van der Waals surface area (Å²) in [6.07, 6.45) is 2.45. The molecule has 150 valence electrons. The molecule has 0 unspecified atom stereocenters. The van der Waals surface area contributed by atoms with Crippen LogP contribution in [0, 0.1) is 23.2 Å². The van der Waals surface area contributed by atoms with Gasteiger partial charge in [0.2, 0.25) is 5.91 Å². The summed E-state index contributed by atoms with van der Waals surface area (Å²) in [7, 11) is 0. The Bertz CT molecular complexity index is 718. The second-order valence-electron chi connectivity index (χ2n) is 8.93. The summed E-state index contributed by atoms with van der Waals surface area (Å²) in [6.45, 7) is 8.20. The van der Waals surface area contributed by atoms with Crippen molar-refractivity contribution in [2.24, 2.45) is 23.2 Å². The minimum atomic E-state index is -0.465. The number of nitrogens with zero attached hydrogens (tertiary/aromatic N) is 2. The van der Waals surface area contributed by atoms with Gasteiger partial charge in [-0.1, -0.05) is 20.8 Å². The number of aliphatic hydroxyl groups is 1. The van der Waals surface area contributed by atoms with Crippen molar-refractivity contribution in [1.29, 1.82) is 0 Å². The number of aliphatic hydroxyl groups excluding tert-OH is 1. The zero-order valence-corrected chi connectivity index (χ0v) is 18.1. The van der Waals surface area contributed by atoms with Gasteiger partial charge in [-0.05, 0) is 36.5 Å². The number of thioether (sulfide) groups is 1. The summed E-state index contributed by atoms with van der Waals surface area (Å²) in [5.74, 6) is 2.50.